The topological polar surface area (TPSA) is 89.7 Å². The molecule has 0 aromatic rings. The molecule has 0 saturated carbocycles. The Bertz CT molecular complexity index is 395. The lowest BCUT2D eigenvalue weighted by Gasteiger charge is -2.20. The van der Waals surface area contributed by atoms with Crippen LogP contribution in [0.2, 0.25) is 0 Å². The molecule has 2 N–H and O–H groups in total. The second-order valence-electron chi connectivity index (χ2n) is 4.08. The first-order valence-corrected chi connectivity index (χ1v) is 7.52. The molecule has 8 heteroatoms. The number of hydrogen-bond acceptors (Lipinski definition) is 5. The minimum atomic E-state index is -3.38. The van der Waals surface area contributed by atoms with Crippen molar-refractivity contribution in [2.45, 2.75) is 19.8 Å². The van der Waals surface area contributed by atoms with Crippen LogP contribution in [0.3, 0.4) is 0 Å². The summed E-state index contributed by atoms with van der Waals surface area (Å²) >= 11 is 4.79. The average Bonchev–Trinajstić information content (AvgIpc) is 2.28. The van der Waals surface area contributed by atoms with E-state index >= 15 is 0 Å². The van der Waals surface area contributed by atoms with E-state index in [0.717, 1.165) is 0 Å². The summed E-state index contributed by atoms with van der Waals surface area (Å²) in [7, 11) is -0.637. The Morgan fingerprint density at radius 1 is 1.50 bits per heavy atom. The number of nitrogens with zero attached hydrogens (tertiary/aromatic N) is 1. The molecule has 106 valence electrons. The standard InChI is InChI=1S/C10H20N2O4S2/c1-8(10(11)17)7-12(2)18(14,15)6-4-5-9(13)16-3/h8H,4-7H2,1-3H3,(H2,11,17). The van der Waals surface area contributed by atoms with Crippen LogP contribution >= 0.6 is 12.2 Å². The summed E-state index contributed by atoms with van der Waals surface area (Å²) in [5.74, 6) is -0.687. The van der Waals surface area contributed by atoms with Gasteiger partial charge < -0.3 is 10.5 Å². The van der Waals surface area contributed by atoms with Crippen LogP contribution in [0.5, 0.6) is 0 Å². The predicted octanol–water partition coefficient (Wildman–Crippen LogP) is 0.123. The Morgan fingerprint density at radius 3 is 2.50 bits per heavy atom. The van der Waals surface area contributed by atoms with Gasteiger partial charge in [-0.05, 0) is 6.42 Å². The van der Waals surface area contributed by atoms with Gasteiger partial charge >= 0.3 is 5.97 Å². The Kier molecular flexibility index (Phi) is 7.34. The summed E-state index contributed by atoms with van der Waals surface area (Å²) < 4.78 is 29.4. The molecule has 0 fully saturated rings. The summed E-state index contributed by atoms with van der Waals surface area (Å²) in [4.78, 5) is 11.2. The van der Waals surface area contributed by atoms with E-state index in [2.05, 4.69) is 4.74 Å². The van der Waals surface area contributed by atoms with Crippen LogP contribution in [0.1, 0.15) is 19.8 Å². The number of hydrogen-bond donors (Lipinski definition) is 1. The van der Waals surface area contributed by atoms with Crippen LogP contribution in [0.15, 0.2) is 0 Å². The molecule has 0 saturated heterocycles. The normalized spacial score (nSPS) is 13.3. The third-order valence-electron chi connectivity index (χ3n) is 2.50. The molecular weight excluding hydrogens is 276 g/mol. The van der Waals surface area contributed by atoms with Crippen molar-refractivity contribution in [3.05, 3.63) is 0 Å². The lowest BCUT2D eigenvalue weighted by atomic mass is 10.2. The molecule has 0 aromatic heterocycles. The first-order chi connectivity index (χ1) is 8.20. The third-order valence-corrected chi connectivity index (χ3v) is 4.81. The van der Waals surface area contributed by atoms with E-state index in [1.165, 1.54) is 18.5 Å². The zero-order valence-corrected chi connectivity index (χ0v) is 12.5. The largest absolute Gasteiger partial charge is 0.469 e. The van der Waals surface area contributed by atoms with Crippen LogP contribution in [0.4, 0.5) is 0 Å². The second kappa shape index (κ2) is 7.65. The number of esters is 1. The Balaban J connectivity index is 4.28. The Labute approximate surface area is 114 Å². The smallest absolute Gasteiger partial charge is 0.305 e. The first kappa shape index (κ1) is 17.3. The maximum Gasteiger partial charge on any atom is 0.305 e. The monoisotopic (exact) mass is 296 g/mol. The molecule has 0 aliphatic carbocycles. The van der Waals surface area contributed by atoms with Gasteiger partial charge in [0.05, 0.1) is 17.9 Å². The van der Waals surface area contributed by atoms with Crippen LogP contribution in [0, 0.1) is 5.92 Å². The SMILES string of the molecule is COC(=O)CCCS(=O)(=O)N(C)CC(C)C(N)=S. The highest BCUT2D eigenvalue weighted by atomic mass is 32.2. The number of thiocarbonyl (C=S) groups is 1. The number of ether oxygens (including phenoxy) is 1. The quantitative estimate of drug-likeness (QED) is 0.505. The Morgan fingerprint density at radius 2 is 2.06 bits per heavy atom. The molecule has 0 aliphatic heterocycles. The fourth-order valence-corrected chi connectivity index (χ4v) is 2.59. The van der Waals surface area contributed by atoms with Gasteiger partial charge in [-0.15, -0.1) is 0 Å². The minimum absolute atomic E-state index is 0.0917. The van der Waals surface area contributed by atoms with Gasteiger partial charge in [0.2, 0.25) is 10.0 Å². The minimum Gasteiger partial charge on any atom is -0.469 e. The van der Waals surface area contributed by atoms with Crippen LogP contribution in [-0.4, -0.2) is 50.1 Å². The van der Waals surface area contributed by atoms with Gasteiger partial charge in [0.25, 0.3) is 0 Å². The van der Waals surface area contributed by atoms with Gasteiger partial charge in [0.1, 0.15) is 0 Å². The van der Waals surface area contributed by atoms with Crippen molar-refractivity contribution in [3.63, 3.8) is 0 Å². The number of nitrogens with two attached hydrogens (primary N) is 1. The van der Waals surface area contributed by atoms with Crippen molar-refractivity contribution in [1.82, 2.24) is 4.31 Å². The molecule has 18 heavy (non-hydrogen) atoms. The van der Waals surface area contributed by atoms with Gasteiger partial charge in [0.15, 0.2) is 0 Å². The zero-order chi connectivity index (χ0) is 14.3. The maximum atomic E-state index is 11.8. The van der Waals surface area contributed by atoms with E-state index in [9.17, 15) is 13.2 Å². The lowest BCUT2D eigenvalue weighted by Crippen LogP contribution is -2.36. The van der Waals surface area contributed by atoms with Gasteiger partial charge in [-0.2, -0.15) is 0 Å². The molecular formula is C10H20N2O4S2. The van der Waals surface area contributed by atoms with Crippen molar-refractivity contribution in [1.29, 1.82) is 0 Å². The fourth-order valence-electron chi connectivity index (χ4n) is 1.25. The molecule has 0 rings (SSSR count). The van der Waals surface area contributed by atoms with Gasteiger partial charge in [-0.1, -0.05) is 19.1 Å². The van der Waals surface area contributed by atoms with Crippen molar-refractivity contribution in [2.24, 2.45) is 11.7 Å². The number of methoxy groups -OCH3 is 1. The highest BCUT2D eigenvalue weighted by Gasteiger charge is 2.21. The number of rotatable bonds is 8. The summed E-state index contributed by atoms with van der Waals surface area (Å²) in [6.07, 6.45) is 0.329. The Hall–Kier alpha value is -0.730. The molecule has 1 unspecified atom stereocenters. The molecule has 0 aliphatic rings. The molecule has 0 bridgehead atoms. The second-order valence-corrected chi connectivity index (χ2v) is 6.75. The highest BCUT2D eigenvalue weighted by molar-refractivity contribution is 7.89. The maximum absolute atomic E-state index is 11.8. The zero-order valence-electron chi connectivity index (χ0n) is 10.9. The molecule has 0 radical (unpaired) electrons. The first-order valence-electron chi connectivity index (χ1n) is 5.51. The molecule has 0 amide bonds. The van der Waals surface area contributed by atoms with E-state index in [-0.39, 0.29) is 36.0 Å². The van der Waals surface area contributed by atoms with Gasteiger partial charge in [0, 0.05) is 25.9 Å². The summed E-state index contributed by atoms with van der Waals surface area (Å²) in [5, 5.41) is 0. The lowest BCUT2D eigenvalue weighted by molar-refractivity contribution is -0.140. The van der Waals surface area contributed by atoms with Crippen LogP contribution in [-0.2, 0) is 19.6 Å². The van der Waals surface area contributed by atoms with Gasteiger partial charge in [-0.25, -0.2) is 12.7 Å². The molecule has 0 aromatic carbocycles. The van der Waals surface area contributed by atoms with E-state index in [1.807, 2.05) is 0 Å². The number of carbonyl (C=O) groups excluding carboxylic acids is 1. The van der Waals surface area contributed by atoms with Crippen molar-refractivity contribution in [2.75, 3.05) is 26.5 Å². The molecule has 6 nitrogen and oxygen atoms in total. The highest BCUT2D eigenvalue weighted by Crippen LogP contribution is 2.07. The third kappa shape index (κ3) is 6.27. The fraction of sp³-hybridized carbons (Fsp3) is 0.800. The van der Waals surface area contributed by atoms with Crippen molar-refractivity contribution >= 4 is 33.2 Å². The average molecular weight is 296 g/mol. The van der Waals surface area contributed by atoms with E-state index < -0.39 is 16.0 Å². The van der Waals surface area contributed by atoms with Crippen molar-refractivity contribution in [3.8, 4) is 0 Å². The van der Waals surface area contributed by atoms with Crippen LogP contribution < -0.4 is 5.73 Å². The van der Waals surface area contributed by atoms with E-state index in [4.69, 9.17) is 18.0 Å². The summed E-state index contributed by atoms with van der Waals surface area (Å²) in [6, 6.07) is 0. The molecule has 0 heterocycles. The summed E-state index contributed by atoms with van der Waals surface area (Å²) in [6.45, 7) is 2.01. The molecule has 1 atom stereocenters. The predicted molar refractivity (Wildman–Crippen MR) is 73.6 cm³/mol. The molecule has 0 spiro atoms. The van der Waals surface area contributed by atoms with E-state index in [0.29, 0.717) is 0 Å². The number of carbonyl (C=O) groups is 1. The van der Waals surface area contributed by atoms with Crippen molar-refractivity contribution < 1.29 is 17.9 Å². The van der Waals surface area contributed by atoms with Gasteiger partial charge in [-0.3, -0.25) is 4.79 Å². The van der Waals surface area contributed by atoms with E-state index in [1.54, 1.807) is 6.92 Å². The van der Waals surface area contributed by atoms with Crippen LogP contribution in [0.25, 0.3) is 0 Å². The summed E-state index contributed by atoms with van der Waals surface area (Å²) in [5.41, 5.74) is 5.43. The number of sulfonamides is 1.